The Bertz CT molecular complexity index is 804. The van der Waals surface area contributed by atoms with Crippen molar-refractivity contribution in [3.63, 3.8) is 0 Å². The lowest BCUT2D eigenvalue weighted by Gasteiger charge is -2.22. The fraction of sp³-hybridized carbons (Fsp3) is 0.389. The van der Waals surface area contributed by atoms with Crippen molar-refractivity contribution in [2.24, 2.45) is 11.1 Å². The Morgan fingerprint density at radius 1 is 1.12 bits per heavy atom. The van der Waals surface area contributed by atoms with Crippen LogP contribution in [0.3, 0.4) is 0 Å². The molecule has 0 unspecified atom stereocenters. The molecule has 0 atom stereocenters. The molecule has 0 N–H and O–H groups in total. The first-order valence-corrected chi connectivity index (χ1v) is 9.67. The molecule has 1 heterocycles. The normalized spacial score (nSPS) is 17.0. The minimum Gasteiger partial charge on any atom is -0.399 e. The van der Waals surface area contributed by atoms with Gasteiger partial charge in [-0.05, 0) is 31.0 Å². The first kappa shape index (κ1) is 16.8. The van der Waals surface area contributed by atoms with E-state index in [4.69, 9.17) is 4.84 Å². The van der Waals surface area contributed by atoms with Crippen molar-refractivity contribution in [2.75, 3.05) is 7.11 Å². The van der Waals surface area contributed by atoms with Crippen LogP contribution in [0.5, 0.6) is 0 Å². The fourth-order valence-electron chi connectivity index (χ4n) is 3.23. The fourth-order valence-corrected chi connectivity index (χ4v) is 4.45. The summed E-state index contributed by atoms with van der Waals surface area (Å²) in [6.45, 7) is 0. The van der Waals surface area contributed by atoms with Crippen molar-refractivity contribution in [3.8, 4) is 0 Å². The molecular formula is C18H22N2O3S. The predicted molar refractivity (Wildman–Crippen MR) is 93.6 cm³/mol. The van der Waals surface area contributed by atoms with E-state index in [1.165, 1.54) is 30.3 Å². The highest BCUT2D eigenvalue weighted by molar-refractivity contribution is 7.90. The maximum absolute atomic E-state index is 12.7. The average Bonchev–Trinajstić information content (AvgIpc) is 3.12. The van der Waals surface area contributed by atoms with E-state index < -0.39 is 10.0 Å². The van der Waals surface area contributed by atoms with Gasteiger partial charge in [0.05, 0.1) is 10.6 Å². The summed E-state index contributed by atoms with van der Waals surface area (Å²) in [4.78, 5) is 5.29. The molecular weight excluding hydrogens is 324 g/mol. The monoisotopic (exact) mass is 346 g/mol. The van der Waals surface area contributed by atoms with Crippen LogP contribution in [0.2, 0.25) is 0 Å². The molecule has 0 aliphatic heterocycles. The molecule has 1 fully saturated rings. The van der Waals surface area contributed by atoms with E-state index in [1.807, 2.05) is 0 Å². The molecule has 1 saturated carbocycles. The molecule has 0 amide bonds. The van der Waals surface area contributed by atoms with Crippen molar-refractivity contribution < 1.29 is 13.3 Å². The Hall–Kier alpha value is -2.08. The van der Waals surface area contributed by atoms with Gasteiger partial charge in [0.1, 0.15) is 7.11 Å². The second-order valence-corrected chi connectivity index (χ2v) is 7.89. The van der Waals surface area contributed by atoms with Crippen molar-refractivity contribution >= 4 is 15.7 Å². The van der Waals surface area contributed by atoms with Gasteiger partial charge in [0.15, 0.2) is 0 Å². The second kappa shape index (κ2) is 7.21. The van der Waals surface area contributed by atoms with Gasteiger partial charge in [0.2, 0.25) is 0 Å². The Morgan fingerprint density at radius 2 is 1.83 bits per heavy atom. The van der Waals surface area contributed by atoms with Gasteiger partial charge in [0, 0.05) is 23.9 Å². The lowest BCUT2D eigenvalue weighted by molar-refractivity contribution is 0.210. The Labute approximate surface area is 143 Å². The number of hydrogen-bond acceptors (Lipinski definition) is 4. The van der Waals surface area contributed by atoms with Crippen LogP contribution in [0.15, 0.2) is 58.8 Å². The van der Waals surface area contributed by atoms with E-state index in [2.05, 4.69) is 5.16 Å². The highest BCUT2D eigenvalue weighted by Gasteiger charge is 2.24. The molecule has 0 bridgehead atoms. The molecule has 2 aromatic rings. The summed E-state index contributed by atoms with van der Waals surface area (Å²) in [5.41, 5.74) is 1.66. The summed E-state index contributed by atoms with van der Waals surface area (Å²) in [6, 6.07) is 10.2. The van der Waals surface area contributed by atoms with Crippen LogP contribution in [0.1, 0.15) is 37.7 Å². The van der Waals surface area contributed by atoms with Crippen molar-refractivity contribution in [1.82, 2.24) is 3.97 Å². The standard InChI is InChI=1S/C18H22N2O3S/c1-23-19-18(15-8-4-2-5-9-15)16-12-13-20(14-16)24(21,22)17-10-6-3-7-11-17/h3,6-7,10-15H,2,4-5,8-9H2,1H3/b19-18+. The van der Waals surface area contributed by atoms with Crippen LogP contribution in [0.25, 0.3) is 0 Å². The molecule has 0 saturated heterocycles. The number of nitrogens with zero attached hydrogens (tertiary/aromatic N) is 2. The lowest BCUT2D eigenvalue weighted by Crippen LogP contribution is -2.19. The maximum atomic E-state index is 12.7. The minimum absolute atomic E-state index is 0.273. The molecule has 1 aromatic carbocycles. The number of benzene rings is 1. The summed E-state index contributed by atoms with van der Waals surface area (Å²) < 4.78 is 26.6. The first-order chi connectivity index (χ1) is 11.6. The van der Waals surface area contributed by atoms with E-state index in [0.29, 0.717) is 5.92 Å². The largest absolute Gasteiger partial charge is 0.399 e. The van der Waals surface area contributed by atoms with Gasteiger partial charge in [-0.25, -0.2) is 12.4 Å². The van der Waals surface area contributed by atoms with Gasteiger partial charge in [-0.3, -0.25) is 0 Å². The molecule has 1 aliphatic rings. The summed E-state index contributed by atoms with van der Waals surface area (Å²) >= 11 is 0. The zero-order chi connectivity index (χ0) is 17.0. The SMILES string of the molecule is CO/N=C(/c1ccn(S(=O)(=O)c2ccccc2)c1)C1CCCCC1. The maximum Gasteiger partial charge on any atom is 0.267 e. The number of aromatic nitrogens is 1. The quantitative estimate of drug-likeness (QED) is 0.613. The lowest BCUT2D eigenvalue weighted by atomic mass is 9.84. The third kappa shape index (κ3) is 3.38. The Morgan fingerprint density at radius 3 is 2.50 bits per heavy atom. The minimum atomic E-state index is -3.58. The van der Waals surface area contributed by atoms with Crippen molar-refractivity contribution in [3.05, 3.63) is 54.4 Å². The van der Waals surface area contributed by atoms with Crippen LogP contribution in [-0.4, -0.2) is 25.2 Å². The van der Waals surface area contributed by atoms with E-state index in [-0.39, 0.29) is 4.90 Å². The molecule has 128 valence electrons. The summed E-state index contributed by atoms with van der Waals surface area (Å²) in [7, 11) is -2.05. The number of oxime groups is 1. The van der Waals surface area contributed by atoms with Gasteiger partial charge in [-0.2, -0.15) is 0 Å². The van der Waals surface area contributed by atoms with E-state index in [9.17, 15) is 8.42 Å². The second-order valence-electron chi connectivity index (χ2n) is 6.04. The van der Waals surface area contributed by atoms with Crippen LogP contribution >= 0.6 is 0 Å². The molecule has 1 aliphatic carbocycles. The Kier molecular flexibility index (Phi) is 5.04. The molecule has 1 aromatic heterocycles. The molecule has 0 spiro atoms. The van der Waals surface area contributed by atoms with Gasteiger partial charge in [-0.1, -0.05) is 42.6 Å². The molecule has 24 heavy (non-hydrogen) atoms. The summed E-state index contributed by atoms with van der Waals surface area (Å²) in [5.74, 6) is 0.328. The first-order valence-electron chi connectivity index (χ1n) is 8.23. The van der Waals surface area contributed by atoms with Crippen LogP contribution in [-0.2, 0) is 14.9 Å². The summed E-state index contributed by atoms with van der Waals surface area (Å²) in [5, 5.41) is 4.19. The smallest absolute Gasteiger partial charge is 0.267 e. The highest BCUT2D eigenvalue weighted by Crippen LogP contribution is 2.28. The zero-order valence-corrected chi connectivity index (χ0v) is 14.6. The van der Waals surface area contributed by atoms with Crippen molar-refractivity contribution in [2.45, 2.75) is 37.0 Å². The van der Waals surface area contributed by atoms with Crippen LogP contribution in [0, 0.1) is 5.92 Å². The van der Waals surface area contributed by atoms with Crippen LogP contribution < -0.4 is 0 Å². The van der Waals surface area contributed by atoms with Gasteiger partial charge in [-0.15, -0.1) is 0 Å². The molecule has 3 rings (SSSR count). The van der Waals surface area contributed by atoms with E-state index in [1.54, 1.807) is 48.8 Å². The summed E-state index contributed by atoms with van der Waals surface area (Å²) in [6.07, 6.45) is 8.95. The predicted octanol–water partition coefficient (Wildman–Crippen LogP) is 3.66. The number of rotatable bonds is 5. The topological polar surface area (TPSA) is 60.7 Å². The molecule has 0 radical (unpaired) electrons. The third-order valence-electron chi connectivity index (χ3n) is 4.46. The zero-order valence-electron chi connectivity index (χ0n) is 13.8. The van der Waals surface area contributed by atoms with Gasteiger partial charge >= 0.3 is 0 Å². The number of hydrogen-bond donors (Lipinski definition) is 0. The van der Waals surface area contributed by atoms with Gasteiger partial charge < -0.3 is 4.84 Å². The van der Waals surface area contributed by atoms with Crippen molar-refractivity contribution in [1.29, 1.82) is 0 Å². The van der Waals surface area contributed by atoms with Gasteiger partial charge in [0.25, 0.3) is 10.0 Å². The molecule has 6 heteroatoms. The molecule has 5 nitrogen and oxygen atoms in total. The third-order valence-corrected chi connectivity index (χ3v) is 6.11. The average molecular weight is 346 g/mol. The van der Waals surface area contributed by atoms with Crippen LogP contribution in [0.4, 0.5) is 0 Å². The Balaban J connectivity index is 1.92. The van der Waals surface area contributed by atoms with E-state index in [0.717, 1.165) is 24.1 Å². The highest BCUT2D eigenvalue weighted by atomic mass is 32.2. The van der Waals surface area contributed by atoms with E-state index >= 15 is 0 Å².